The van der Waals surface area contributed by atoms with Crippen LogP contribution in [0.25, 0.3) is 39.9 Å². The van der Waals surface area contributed by atoms with E-state index in [0.717, 1.165) is 28.5 Å². The third-order valence-electron chi connectivity index (χ3n) is 4.84. The molecule has 8 nitrogen and oxygen atoms in total. The Hall–Kier alpha value is -4.20. The van der Waals surface area contributed by atoms with Crippen molar-refractivity contribution in [1.29, 1.82) is 0 Å². The lowest BCUT2D eigenvalue weighted by molar-refractivity contribution is -0.114. The van der Waals surface area contributed by atoms with E-state index in [-0.39, 0.29) is 5.91 Å². The number of nitrogens with one attached hydrogen (secondary N) is 1. The van der Waals surface area contributed by atoms with E-state index in [2.05, 4.69) is 20.5 Å². The number of benzene rings is 1. The maximum absolute atomic E-state index is 11.3. The molecule has 1 aromatic carbocycles. The number of nitrogens with zero attached hydrogens (tertiary/aromatic N) is 4. The van der Waals surface area contributed by atoms with Gasteiger partial charge in [0, 0.05) is 24.4 Å². The van der Waals surface area contributed by atoms with E-state index in [4.69, 9.17) is 8.83 Å². The van der Waals surface area contributed by atoms with Gasteiger partial charge in [-0.3, -0.25) is 9.20 Å². The zero-order valence-electron chi connectivity index (χ0n) is 17.2. The highest BCUT2D eigenvalue weighted by molar-refractivity contribution is 5.89. The smallest absolute Gasteiger partial charge is 0.254 e. The number of anilines is 1. The van der Waals surface area contributed by atoms with Gasteiger partial charge in [-0.25, -0.2) is 4.98 Å². The number of carbonyl (C=O) groups is 1. The Morgan fingerprint density at radius 3 is 2.19 bits per heavy atom. The molecular formula is C23H19N5O3. The molecule has 0 aliphatic rings. The van der Waals surface area contributed by atoms with Crippen LogP contribution in [0.4, 0.5) is 5.69 Å². The first-order valence-corrected chi connectivity index (χ1v) is 9.75. The third kappa shape index (κ3) is 3.48. The fourth-order valence-corrected chi connectivity index (χ4v) is 3.45. The van der Waals surface area contributed by atoms with Gasteiger partial charge in [0.1, 0.15) is 17.2 Å². The molecule has 5 rings (SSSR count). The maximum atomic E-state index is 11.3. The number of rotatable bonds is 4. The zero-order chi connectivity index (χ0) is 21.5. The number of furan rings is 2. The first-order valence-electron chi connectivity index (χ1n) is 9.75. The molecule has 0 saturated carbocycles. The molecule has 1 N–H and O–H groups in total. The minimum Gasteiger partial charge on any atom is -0.460 e. The average molecular weight is 413 g/mol. The van der Waals surface area contributed by atoms with Crippen molar-refractivity contribution in [2.45, 2.75) is 20.8 Å². The number of amides is 1. The standard InChI is InChI=1S/C23H19N5O3/c1-13-4-10-19(30-13)21-22(20-11-5-14(2)31-20)28-12-18(25-23(28)27-26-21)16-6-8-17(9-7-16)24-15(3)29/h4-12H,1-3H3,(H,24,29). The van der Waals surface area contributed by atoms with Crippen molar-refractivity contribution in [3.8, 4) is 34.2 Å². The molecule has 0 unspecified atom stereocenters. The van der Waals surface area contributed by atoms with Crippen molar-refractivity contribution in [3.05, 3.63) is 66.2 Å². The number of carbonyl (C=O) groups excluding carboxylic acids is 1. The quantitative estimate of drug-likeness (QED) is 0.451. The topological polar surface area (TPSA) is 98.5 Å². The second-order valence-corrected chi connectivity index (χ2v) is 7.27. The first kappa shape index (κ1) is 18.8. The Kier molecular flexibility index (Phi) is 4.39. The van der Waals surface area contributed by atoms with E-state index >= 15 is 0 Å². The monoisotopic (exact) mass is 413 g/mol. The molecule has 31 heavy (non-hydrogen) atoms. The number of aromatic nitrogens is 4. The van der Waals surface area contributed by atoms with E-state index in [1.54, 1.807) is 0 Å². The van der Waals surface area contributed by atoms with E-state index < -0.39 is 0 Å². The summed E-state index contributed by atoms with van der Waals surface area (Å²) in [4.78, 5) is 15.9. The summed E-state index contributed by atoms with van der Waals surface area (Å²) in [5.74, 6) is 3.14. The van der Waals surface area contributed by atoms with Crippen molar-refractivity contribution >= 4 is 17.4 Å². The Bertz CT molecular complexity index is 1410. The molecule has 5 aromatic rings. The van der Waals surface area contributed by atoms with Crippen LogP contribution in [0, 0.1) is 13.8 Å². The number of fused-ring (bicyclic) bond motifs is 1. The normalized spacial score (nSPS) is 11.2. The summed E-state index contributed by atoms with van der Waals surface area (Å²) in [5, 5.41) is 11.5. The summed E-state index contributed by atoms with van der Waals surface area (Å²) in [6.45, 7) is 5.25. The molecule has 0 saturated heterocycles. The zero-order valence-corrected chi connectivity index (χ0v) is 17.2. The molecule has 0 fully saturated rings. The van der Waals surface area contributed by atoms with Crippen molar-refractivity contribution in [2.75, 3.05) is 5.32 Å². The van der Waals surface area contributed by atoms with Gasteiger partial charge >= 0.3 is 0 Å². The lowest BCUT2D eigenvalue weighted by atomic mass is 10.1. The van der Waals surface area contributed by atoms with Crippen molar-refractivity contribution in [2.24, 2.45) is 0 Å². The van der Waals surface area contributed by atoms with Crippen LogP contribution < -0.4 is 5.32 Å². The molecular weight excluding hydrogens is 394 g/mol. The molecule has 0 radical (unpaired) electrons. The van der Waals surface area contributed by atoms with Gasteiger partial charge in [0.2, 0.25) is 5.91 Å². The van der Waals surface area contributed by atoms with Gasteiger partial charge in [0.25, 0.3) is 5.78 Å². The molecule has 0 bridgehead atoms. The molecule has 4 aromatic heterocycles. The summed E-state index contributed by atoms with van der Waals surface area (Å²) in [7, 11) is 0. The highest BCUT2D eigenvalue weighted by Crippen LogP contribution is 2.33. The van der Waals surface area contributed by atoms with Crippen molar-refractivity contribution in [1.82, 2.24) is 19.6 Å². The van der Waals surface area contributed by atoms with E-state index in [0.29, 0.717) is 28.7 Å². The summed E-state index contributed by atoms with van der Waals surface area (Å²) < 4.78 is 13.6. The third-order valence-corrected chi connectivity index (χ3v) is 4.84. The number of aryl methyl sites for hydroxylation is 2. The molecule has 0 aliphatic carbocycles. The average Bonchev–Trinajstić information content (AvgIpc) is 3.46. The lowest BCUT2D eigenvalue weighted by Gasteiger charge is -2.06. The van der Waals surface area contributed by atoms with Gasteiger partial charge < -0.3 is 14.2 Å². The van der Waals surface area contributed by atoms with Crippen molar-refractivity contribution in [3.63, 3.8) is 0 Å². The van der Waals surface area contributed by atoms with E-state index in [1.165, 1.54) is 6.92 Å². The second-order valence-electron chi connectivity index (χ2n) is 7.27. The van der Waals surface area contributed by atoms with Crippen LogP contribution in [0.5, 0.6) is 0 Å². The van der Waals surface area contributed by atoms with Crippen molar-refractivity contribution < 1.29 is 13.6 Å². The van der Waals surface area contributed by atoms with E-state index in [1.807, 2.05) is 73.0 Å². The van der Waals surface area contributed by atoms with Crippen LogP contribution in [0.3, 0.4) is 0 Å². The maximum Gasteiger partial charge on any atom is 0.254 e. The SMILES string of the molecule is CC(=O)Nc1ccc(-c2cn3c(-c4ccc(C)o4)c(-c4ccc(C)o4)nnc3n2)cc1. The second kappa shape index (κ2) is 7.24. The predicted molar refractivity (Wildman–Crippen MR) is 115 cm³/mol. The van der Waals surface area contributed by atoms with Crippen LogP contribution >= 0.6 is 0 Å². The highest BCUT2D eigenvalue weighted by atomic mass is 16.3. The van der Waals surface area contributed by atoms with Crippen LogP contribution in [0.15, 0.2) is 63.6 Å². The van der Waals surface area contributed by atoms with E-state index in [9.17, 15) is 4.79 Å². The van der Waals surface area contributed by atoms with Gasteiger partial charge in [-0.15, -0.1) is 10.2 Å². The molecule has 0 spiro atoms. The van der Waals surface area contributed by atoms with Gasteiger partial charge in [-0.2, -0.15) is 0 Å². The number of hydrogen-bond donors (Lipinski definition) is 1. The molecule has 4 heterocycles. The molecule has 154 valence electrons. The summed E-state index contributed by atoms with van der Waals surface area (Å²) in [6.07, 6.45) is 1.89. The van der Waals surface area contributed by atoms with Crippen LogP contribution in [0.2, 0.25) is 0 Å². The summed E-state index contributed by atoms with van der Waals surface area (Å²) in [5.41, 5.74) is 3.61. The van der Waals surface area contributed by atoms with Crippen LogP contribution in [-0.4, -0.2) is 25.5 Å². The molecule has 0 aliphatic heterocycles. The minimum absolute atomic E-state index is 0.116. The van der Waals surface area contributed by atoms with Gasteiger partial charge in [0.15, 0.2) is 17.2 Å². The van der Waals surface area contributed by atoms with Gasteiger partial charge in [-0.05, 0) is 50.2 Å². The van der Waals surface area contributed by atoms with Crippen LogP contribution in [-0.2, 0) is 4.79 Å². The summed E-state index contributed by atoms with van der Waals surface area (Å²) >= 11 is 0. The molecule has 0 atom stereocenters. The van der Waals surface area contributed by atoms with Gasteiger partial charge in [-0.1, -0.05) is 12.1 Å². The Balaban J connectivity index is 1.67. The highest BCUT2D eigenvalue weighted by Gasteiger charge is 2.21. The minimum atomic E-state index is -0.116. The lowest BCUT2D eigenvalue weighted by Crippen LogP contribution is -2.05. The fourth-order valence-electron chi connectivity index (χ4n) is 3.45. The molecule has 8 heteroatoms. The largest absolute Gasteiger partial charge is 0.460 e. The summed E-state index contributed by atoms with van der Waals surface area (Å²) in [6, 6.07) is 15.0. The Labute approximate surface area is 177 Å². The number of imidazole rings is 1. The predicted octanol–water partition coefficient (Wildman–Crippen LogP) is 4.89. The fraction of sp³-hybridized carbons (Fsp3) is 0.130. The first-order chi connectivity index (χ1) is 15.0. The Morgan fingerprint density at radius 1 is 0.903 bits per heavy atom. The molecule has 1 amide bonds. The van der Waals surface area contributed by atoms with Gasteiger partial charge in [0.05, 0.1) is 5.69 Å². The van der Waals surface area contributed by atoms with Crippen LogP contribution in [0.1, 0.15) is 18.4 Å². The number of hydrogen-bond acceptors (Lipinski definition) is 6. The Morgan fingerprint density at radius 2 is 1.58 bits per heavy atom.